The van der Waals surface area contributed by atoms with E-state index in [0.29, 0.717) is 32.6 Å². The summed E-state index contributed by atoms with van der Waals surface area (Å²) >= 11 is 1.49. The first kappa shape index (κ1) is 24.6. The second kappa shape index (κ2) is 10.4. The van der Waals surface area contributed by atoms with Gasteiger partial charge in [-0.1, -0.05) is 36.4 Å². The summed E-state index contributed by atoms with van der Waals surface area (Å²) in [4.78, 5) is 41.7. The zero-order valence-electron chi connectivity index (χ0n) is 19.2. The predicted octanol–water partition coefficient (Wildman–Crippen LogP) is 1.51. The average molecular weight is 490 g/mol. The molecule has 3 amide bonds. The fraction of sp³-hybridized carbons (Fsp3) is 0.542. The Labute approximate surface area is 203 Å². The number of carbonyl (C=O) groups is 3. The van der Waals surface area contributed by atoms with Crippen molar-refractivity contribution in [3.8, 4) is 0 Å². The van der Waals surface area contributed by atoms with Crippen molar-refractivity contribution in [3.63, 3.8) is 0 Å². The van der Waals surface area contributed by atoms with Crippen molar-refractivity contribution < 1.29 is 29.0 Å². The van der Waals surface area contributed by atoms with Gasteiger partial charge in [-0.3, -0.25) is 9.59 Å². The highest BCUT2D eigenvalue weighted by atomic mass is 32.2. The third-order valence-electron chi connectivity index (χ3n) is 6.58. The molecule has 34 heavy (non-hydrogen) atoms. The van der Waals surface area contributed by atoms with Crippen molar-refractivity contribution in [2.75, 3.05) is 25.6 Å². The van der Waals surface area contributed by atoms with Gasteiger partial charge in [-0.15, -0.1) is 18.3 Å². The topological polar surface area (TPSA) is 108 Å². The highest BCUT2D eigenvalue weighted by molar-refractivity contribution is 8.00. The Morgan fingerprint density at radius 1 is 1.41 bits per heavy atom. The number of alkyl carbamates (subject to hydrolysis) is 1. The third kappa shape index (κ3) is 5.08. The molecule has 3 saturated heterocycles. The molecule has 184 valence electrons. The largest absolute Gasteiger partial charge is 0.444 e. The lowest BCUT2D eigenvalue weighted by molar-refractivity contribution is -0.147. The molecule has 3 aliphatic heterocycles. The first-order valence-electron chi connectivity index (χ1n) is 11.5. The summed E-state index contributed by atoms with van der Waals surface area (Å²) < 4.78 is 10.6. The SMILES string of the molecule is C=CCN1C(=O)[C@@H]2CC1(C)SCN2C(=O)[C@@H](O)[C@H](Cc1ccccc1)NC(=O)O[C@H]1CCOC1. The van der Waals surface area contributed by atoms with Crippen molar-refractivity contribution in [2.45, 2.75) is 55.3 Å². The van der Waals surface area contributed by atoms with Gasteiger partial charge in [-0.25, -0.2) is 4.79 Å². The number of fused-ring (bicyclic) bond motifs is 2. The lowest BCUT2D eigenvalue weighted by Crippen LogP contribution is -2.56. The summed E-state index contributed by atoms with van der Waals surface area (Å²) in [5, 5.41) is 13.8. The number of nitrogens with zero attached hydrogens (tertiary/aromatic N) is 2. The second-order valence-electron chi connectivity index (χ2n) is 8.99. The van der Waals surface area contributed by atoms with Crippen molar-refractivity contribution >= 4 is 29.7 Å². The van der Waals surface area contributed by atoms with Crippen molar-refractivity contribution in [2.24, 2.45) is 0 Å². The number of amides is 3. The molecule has 10 heteroatoms. The highest BCUT2D eigenvalue weighted by Gasteiger charge is 2.55. The number of rotatable bonds is 8. The van der Waals surface area contributed by atoms with Crippen LogP contribution in [0.3, 0.4) is 0 Å². The van der Waals surface area contributed by atoms with E-state index in [0.717, 1.165) is 5.56 Å². The van der Waals surface area contributed by atoms with Gasteiger partial charge in [-0.2, -0.15) is 0 Å². The molecule has 0 saturated carbocycles. The van der Waals surface area contributed by atoms with Crippen LogP contribution < -0.4 is 5.32 Å². The van der Waals surface area contributed by atoms with E-state index in [9.17, 15) is 19.5 Å². The van der Waals surface area contributed by atoms with Crippen LogP contribution in [0.2, 0.25) is 0 Å². The molecule has 0 aromatic heterocycles. The van der Waals surface area contributed by atoms with Crippen molar-refractivity contribution in [3.05, 3.63) is 48.6 Å². The number of aliphatic hydroxyl groups excluding tert-OH is 1. The van der Waals surface area contributed by atoms with E-state index in [1.807, 2.05) is 37.3 Å². The molecule has 3 fully saturated rings. The van der Waals surface area contributed by atoms with Crippen LogP contribution in [0.5, 0.6) is 0 Å². The minimum atomic E-state index is -1.54. The van der Waals surface area contributed by atoms with Crippen LogP contribution in [0.25, 0.3) is 0 Å². The van der Waals surface area contributed by atoms with E-state index in [-0.39, 0.29) is 24.3 Å². The minimum absolute atomic E-state index is 0.152. The molecule has 3 aliphatic rings. The standard InChI is InChI=1S/C24H31N3O6S/c1-3-10-27-21(29)19-13-24(27,2)34-15-26(19)22(30)20(28)18(12-16-7-5-4-6-8-16)25-23(31)33-17-9-11-32-14-17/h3-8,17-20,28H,1,9-15H2,2H3,(H,25,31)/t17-,18-,19-,20-,24?/m0/s1. The Morgan fingerprint density at radius 3 is 2.85 bits per heavy atom. The van der Waals surface area contributed by atoms with Crippen LogP contribution in [0.4, 0.5) is 4.79 Å². The van der Waals surface area contributed by atoms with Gasteiger partial charge in [0.05, 0.1) is 30.0 Å². The fourth-order valence-corrected chi connectivity index (χ4v) is 5.99. The molecule has 1 aromatic carbocycles. The molecule has 2 N–H and O–H groups in total. The van der Waals surface area contributed by atoms with Gasteiger partial charge in [0.1, 0.15) is 12.1 Å². The van der Waals surface area contributed by atoms with E-state index in [1.54, 1.807) is 11.0 Å². The monoisotopic (exact) mass is 489 g/mol. The van der Waals surface area contributed by atoms with Crippen LogP contribution in [0.1, 0.15) is 25.3 Å². The number of carbonyl (C=O) groups excluding carboxylic acids is 3. The summed E-state index contributed by atoms with van der Waals surface area (Å²) in [5.74, 6) is -0.460. The van der Waals surface area contributed by atoms with E-state index in [1.165, 1.54) is 16.7 Å². The predicted molar refractivity (Wildman–Crippen MR) is 127 cm³/mol. The maximum absolute atomic E-state index is 13.4. The van der Waals surface area contributed by atoms with Crippen LogP contribution >= 0.6 is 11.8 Å². The first-order valence-corrected chi connectivity index (χ1v) is 12.4. The quantitative estimate of drug-likeness (QED) is 0.533. The number of likely N-dealkylation sites (tertiary alicyclic amines) is 1. The Bertz CT molecular complexity index is 925. The number of hydrogen-bond acceptors (Lipinski definition) is 7. The summed E-state index contributed by atoms with van der Waals surface area (Å²) in [6, 6.07) is 7.71. The first-order chi connectivity index (χ1) is 16.3. The Balaban J connectivity index is 1.49. The molecule has 0 aliphatic carbocycles. The second-order valence-corrected chi connectivity index (χ2v) is 10.4. The van der Waals surface area contributed by atoms with Crippen LogP contribution in [0.15, 0.2) is 43.0 Å². The zero-order valence-corrected chi connectivity index (χ0v) is 20.0. The molecule has 3 heterocycles. The summed E-state index contributed by atoms with van der Waals surface area (Å²) in [7, 11) is 0. The van der Waals surface area contributed by atoms with Crippen LogP contribution in [-0.2, 0) is 25.5 Å². The molecular formula is C24H31N3O6S. The van der Waals surface area contributed by atoms with E-state index >= 15 is 0 Å². The molecule has 5 atom stereocenters. The molecule has 4 rings (SSSR count). The number of aliphatic hydroxyl groups is 1. The van der Waals surface area contributed by atoms with E-state index in [2.05, 4.69) is 11.9 Å². The molecule has 1 unspecified atom stereocenters. The molecule has 0 radical (unpaired) electrons. The number of benzene rings is 1. The summed E-state index contributed by atoms with van der Waals surface area (Å²) in [6.45, 7) is 6.97. The summed E-state index contributed by atoms with van der Waals surface area (Å²) in [5.41, 5.74) is 0.846. The van der Waals surface area contributed by atoms with Gasteiger partial charge in [0.2, 0.25) is 5.91 Å². The van der Waals surface area contributed by atoms with Gasteiger partial charge >= 0.3 is 6.09 Å². The molecule has 9 nitrogen and oxygen atoms in total. The lowest BCUT2D eigenvalue weighted by atomic mass is 9.99. The Hall–Kier alpha value is -2.56. The normalized spacial score (nSPS) is 27.9. The third-order valence-corrected chi connectivity index (χ3v) is 7.99. The number of hydrogen-bond donors (Lipinski definition) is 2. The molecule has 2 bridgehead atoms. The van der Waals surface area contributed by atoms with E-state index < -0.39 is 35.1 Å². The molecule has 1 aromatic rings. The highest BCUT2D eigenvalue weighted by Crippen LogP contribution is 2.46. The van der Waals surface area contributed by atoms with E-state index in [4.69, 9.17) is 9.47 Å². The fourth-order valence-electron chi connectivity index (χ4n) is 4.67. The minimum Gasteiger partial charge on any atom is -0.444 e. The zero-order chi connectivity index (χ0) is 24.3. The van der Waals surface area contributed by atoms with Gasteiger partial charge < -0.3 is 29.7 Å². The maximum atomic E-state index is 13.4. The smallest absolute Gasteiger partial charge is 0.407 e. The molecular weight excluding hydrogens is 458 g/mol. The summed E-state index contributed by atoms with van der Waals surface area (Å²) in [6.07, 6.45) is 0.372. The maximum Gasteiger partial charge on any atom is 0.407 e. The van der Waals surface area contributed by atoms with Crippen LogP contribution in [0, 0.1) is 0 Å². The number of thioether (sulfide) groups is 1. The lowest BCUT2D eigenvalue weighted by Gasteiger charge is -2.39. The van der Waals surface area contributed by atoms with Crippen molar-refractivity contribution in [1.82, 2.24) is 15.1 Å². The van der Waals surface area contributed by atoms with Crippen LogP contribution in [-0.4, -0.2) is 87.6 Å². The Kier molecular flexibility index (Phi) is 7.49. The van der Waals surface area contributed by atoms with Crippen molar-refractivity contribution in [1.29, 1.82) is 0 Å². The molecule has 0 spiro atoms. The number of ether oxygens (including phenoxy) is 2. The Morgan fingerprint density at radius 2 is 2.18 bits per heavy atom. The average Bonchev–Trinajstić information content (AvgIpc) is 3.40. The van der Waals surface area contributed by atoms with Gasteiger partial charge in [0, 0.05) is 19.4 Å². The van der Waals surface area contributed by atoms with Gasteiger partial charge in [-0.05, 0) is 18.9 Å². The van der Waals surface area contributed by atoms with Gasteiger partial charge in [0.15, 0.2) is 6.10 Å². The number of nitrogens with one attached hydrogen (secondary N) is 1. The van der Waals surface area contributed by atoms with Gasteiger partial charge in [0.25, 0.3) is 5.91 Å².